The van der Waals surface area contributed by atoms with E-state index < -0.39 is 0 Å². The number of anilines is 1. The maximum absolute atomic E-state index is 5.41. The Morgan fingerprint density at radius 3 is 2.48 bits per heavy atom. The van der Waals surface area contributed by atoms with Crippen molar-refractivity contribution in [3.8, 4) is 11.5 Å². The number of nitrogens with one attached hydrogen (secondary N) is 1. The van der Waals surface area contributed by atoms with Crippen molar-refractivity contribution >= 4 is 5.82 Å². The molecule has 0 bridgehead atoms. The molecule has 1 saturated heterocycles. The summed E-state index contributed by atoms with van der Waals surface area (Å²) in [5.41, 5.74) is 1.21. The Morgan fingerprint density at radius 1 is 1.08 bits per heavy atom. The van der Waals surface area contributed by atoms with Gasteiger partial charge in [0.2, 0.25) is 0 Å². The highest BCUT2D eigenvalue weighted by Crippen LogP contribution is 2.30. The van der Waals surface area contributed by atoms with E-state index in [2.05, 4.69) is 40.3 Å². The molecule has 2 aromatic rings. The summed E-state index contributed by atoms with van der Waals surface area (Å²) < 4.78 is 10.7. The summed E-state index contributed by atoms with van der Waals surface area (Å²) in [7, 11) is 3.33. The number of piperidine rings is 1. The van der Waals surface area contributed by atoms with Crippen LogP contribution in [-0.4, -0.2) is 38.3 Å². The van der Waals surface area contributed by atoms with Crippen LogP contribution in [0.1, 0.15) is 31.4 Å². The molecule has 1 aromatic heterocycles. The van der Waals surface area contributed by atoms with Crippen LogP contribution in [0.2, 0.25) is 0 Å². The van der Waals surface area contributed by atoms with Crippen molar-refractivity contribution in [2.45, 2.75) is 31.8 Å². The molecule has 134 valence electrons. The van der Waals surface area contributed by atoms with E-state index >= 15 is 0 Å². The first kappa shape index (κ1) is 17.5. The predicted octanol–water partition coefficient (Wildman–Crippen LogP) is 3.42. The highest BCUT2D eigenvalue weighted by molar-refractivity contribution is 5.43. The Morgan fingerprint density at radius 2 is 1.84 bits per heavy atom. The number of ether oxygens (including phenoxy) is 2. The molecule has 2 heterocycles. The van der Waals surface area contributed by atoms with Crippen molar-refractivity contribution in [3.63, 3.8) is 0 Å². The van der Waals surface area contributed by atoms with Gasteiger partial charge in [-0.25, -0.2) is 4.98 Å². The van der Waals surface area contributed by atoms with E-state index in [1.807, 2.05) is 24.4 Å². The van der Waals surface area contributed by atoms with Gasteiger partial charge in [0.1, 0.15) is 5.82 Å². The van der Waals surface area contributed by atoms with Crippen molar-refractivity contribution in [2.24, 2.45) is 0 Å². The van der Waals surface area contributed by atoms with Crippen LogP contribution in [0.4, 0.5) is 5.82 Å². The van der Waals surface area contributed by atoms with Gasteiger partial charge in [0.05, 0.1) is 14.2 Å². The molecule has 0 amide bonds. The molecule has 25 heavy (non-hydrogen) atoms. The van der Waals surface area contributed by atoms with Gasteiger partial charge in [-0.2, -0.15) is 0 Å². The molecule has 0 unspecified atom stereocenters. The fraction of sp³-hybridized carbons (Fsp3) is 0.450. The second kappa shape index (κ2) is 8.21. The molecule has 5 heteroatoms. The Kier molecular flexibility index (Phi) is 5.76. The summed E-state index contributed by atoms with van der Waals surface area (Å²) in [5.74, 6) is 2.62. The van der Waals surface area contributed by atoms with Crippen LogP contribution < -0.4 is 19.7 Å². The fourth-order valence-corrected chi connectivity index (χ4v) is 3.39. The number of methoxy groups -OCH3 is 2. The van der Waals surface area contributed by atoms with Crippen molar-refractivity contribution < 1.29 is 9.47 Å². The van der Waals surface area contributed by atoms with Gasteiger partial charge in [0.25, 0.3) is 0 Å². The van der Waals surface area contributed by atoms with Crippen LogP contribution in [0, 0.1) is 0 Å². The van der Waals surface area contributed by atoms with Crippen LogP contribution in [0.15, 0.2) is 42.6 Å². The first-order valence-electron chi connectivity index (χ1n) is 8.85. The Labute approximate surface area is 150 Å². The lowest BCUT2D eigenvalue weighted by Crippen LogP contribution is -2.43. The number of benzene rings is 1. The molecule has 1 N–H and O–H groups in total. The summed E-state index contributed by atoms with van der Waals surface area (Å²) in [6.07, 6.45) is 4.10. The maximum atomic E-state index is 5.41. The lowest BCUT2D eigenvalue weighted by Gasteiger charge is -2.34. The molecule has 1 aliphatic rings. The van der Waals surface area contributed by atoms with Crippen molar-refractivity contribution in [1.82, 2.24) is 10.3 Å². The van der Waals surface area contributed by atoms with Gasteiger partial charge < -0.3 is 19.7 Å². The van der Waals surface area contributed by atoms with Gasteiger partial charge in [-0.05, 0) is 49.6 Å². The second-order valence-corrected chi connectivity index (χ2v) is 6.45. The lowest BCUT2D eigenvalue weighted by atomic mass is 10.0. The monoisotopic (exact) mass is 341 g/mol. The SMILES string of the molecule is COc1ccc([C@H](C)NC2CCN(c3ccccn3)CC2)cc1OC. The predicted molar refractivity (Wildman–Crippen MR) is 101 cm³/mol. The number of pyridine rings is 1. The number of aromatic nitrogens is 1. The molecule has 3 rings (SSSR count). The molecule has 1 aliphatic heterocycles. The van der Waals surface area contributed by atoms with Gasteiger partial charge >= 0.3 is 0 Å². The molecule has 5 nitrogen and oxygen atoms in total. The quantitative estimate of drug-likeness (QED) is 0.872. The van der Waals surface area contributed by atoms with Crippen LogP contribution in [0.25, 0.3) is 0 Å². The van der Waals surface area contributed by atoms with Crippen LogP contribution in [0.3, 0.4) is 0 Å². The van der Waals surface area contributed by atoms with E-state index in [-0.39, 0.29) is 6.04 Å². The normalized spacial score (nSPS) is 16.5. The molecule has 0 aliphatic carbocycles. The third kappa shape index (κ3) is 4.23. The number of hydrogen-bond donors (Lipinski definition) is 1. The third-order valence-electron chi connectivity index (χ3n) is 4.86. The fourth-order valence-electron chi connectivity index (χ4n) is 3.39. The average Bonchev–Trinajstić information content (AvgIpc) is 2.68. The van der Waals surface area contributed by atoms with E-state index in [4.69, 9.17) is 9.47 Å². The second-order valence-electron chi connectivity index (χ2n) is 6.45. The minimum Gasteiger partial charge on any atom is -0.493 e. The summed E-state index contributed by atoms with van der Waals surface area (Å²) in [5, 5.41) is 3.75. The zero-order valence-electron chi connectivity index (χ0n) is 15.2. The van der Waals surface area contributed by atoms with E-state index in [0.717, 1.165) is 43.2 Å². The van der Waals surface area contributed by atoms with Crippen LogP contribution in [0.5, 0.6) is 11.5 Å². The molecule has 1 atom stereocenters. The van der Waals surface area contributed by atoms with E-state index in [0.29, 0.717) is 6.04 Å². The highest BCUT2D eigenvalue weighted by atomic mass is 16.5. The summed E-state index contributed by atoms with van der Waals surface area (Å²) in [4.78, 5) is 6.81. The standard InChI is InChI=1S/C20H27N3O2/c1-15(16-7-8-18(24-2)19(14-16)25-3)22-17-9-12-23(13-10-17)20-6-4-5-11-21-20/h4-8,11,14-15,17,22H,9-10,12-13H2,1-3H3/t15-/m0/s1. The topological polar surface area (TPSA) is 46.6 Å². The van der Waals surface area contributed by atoms with Gasteiger partial charge in [0.15, 0.2) is 11.5 Å². The van der Waals surface area contributed by atoms with Crippen LogP contribution >= 0.6 is 0 Å². The zero-order chi connectivity index (χ0) is 17.6. The van der Waals surface area contributed by atoms with Crippen LogP contribution in [-0.2, 0) is 0 Å². The lowest BCUT2D eigenvalue weighted by molar-refractivity contribution is 0.352. The Hall–Kier alpha value is -2.27. The first-order valence-corrected chi connectivity index (χ1v) is 8.85. The average molecular weight is 341 g/mol. The maximum Gasteiger partial charge on any atom is 0.161 e. The molecular weight excluding hydrogens is 314 g/mol. The van der Waals surface area contributed by atoms with E-state index in [9.17, 15) is 0 Å². The zero-order valence-corrected chi connectivity index (χ0v) is 15.2. The molecule has 0 spiro atoms. The number of hydrogen-bond acceptors (Lipinski definition) is 5. The van der Waals surface area contributed by atoms with Crippen molar-refractivity contribution in [3.05, 3.63) is 48.2 Å². The first-order chi connectivity index (χ1) is 12.2. The molecule has 0 radical (unpaired) electrons. The number of rotatable bonds is 6. The minimum atomic E-state index is 0.270. The molecule has 0 saturated carbocycles. The Balaban J connectivity index is 1.57. The van der Waals surface area contributed by atoms with Crippen molar-refractivity contribution in [2.75, 3.05) is 32.2 Å². The summed E-state index contributed by atoms with van der Waals surface area (Å²) in [6.45, 7) is 4.27. The Bertz CT molecular complexity index is 670. The largest absolute Gasteiger partial charge is 0.493 e. The molecule has 1 fully saturated rings. The van der Waals surface area contributed by atoms with Crippen molar-refractivity contribution in [1.29, 1.82) is 0 Å². The van der Waals surface area contributed by atoms with E-state index in [1.165, 1.54) is 5.56 Å². The van der Waals surface area contributed by atoms with Gasteiger partial charge in [-0.1, -0.05) is 12.1 Å². The molecular formula is C20H27N3O2. The summed E-state index contributed by atoms with van der Waals surface area (Å²) in [6, 6.07) is 13.0. The number of nitrogens with zero attached hydrogens (tertiary/aromatic N) is 2. The smallest absolute Gasteiger partial charge is 0.161 e. The van der Waals surface area contributed by atoms with Gasteiger partial charge in [-0.15, -0.1) is 0 Å². The highest BCUT2D eigenvalue weighted by Gasteiger charge is 2.22. The van der Waals surface area contributed by atoms with Gasteiger partial charge in [0, 0.05) is 31.4 Å². The molecule has 1 aromatic carbocycles. The van der Waals surface area contributed by atoms with Gasteiger partial charge in [-0.3, -0.25) is 0 Å². The van der Waals surface area contributed by atoms with E-state index in [1.54, 1.807) is 14.2 Å². The third-order valence-corrected chi connectivity index (χ3v) is 4.86. The minimum absolute atomic E-state index is 0.270. The summed E-state index contributed by atoms with van der Waals surface area (Å²) >= 11 is 0.